The summed E-state index contributed by atoms with van der Waals surface area (Å²) >= 11 is 0. The van der Waals surface area contributed by atoms with Gasteiger partial charge in [0.25, 0.3) is 0 Å². The molecule has 0 atom stereocenters. The molecule has 0 nitrogen and oxygen atoms in total. The zero-order valence-electron chi connectivity index (χ0n) is 3.78. The molecule has 0 aliphatic heterocycles. The van der Waals surface area contributed by atoms with Crippen LogP contribution in [-0.2, 0) is 0 Å². The minimum Gasteiger partial charge on any atom is -0.0885 e. The van der Waals surface area contributed by atoms with E-state index in [9.17, 15) is 0 Å². The molecule has 1 aliphatic rings. The largest absolute Gasteiger partial charge is 0.0885 e. The lowest BCUT2D eigenvalue weighted by molar-refractivity contribution is 0.929. The predicted molar refractivity (Wildman–Crippen MR) is 28.7 cm³/mol. The second kappa shape index (κ2) is 3.16. The Hall–Kier alpha value is -0.0431. The van der Waals surface area contributed by atoms with E-state index in [0.29, 0.717) is 0 Å². The van der Waals surface area contributed by atoms with Gasteiger partial charge in [0.2, 0.25) is 0 Å². The SMILES string of the molecule is C1=CCCC1.[Si]. The molecule has 32 valence electrons. The molecule has 0 saturated heterocycles. The van der Waals surface area contributed by atoms with Gasteiger partial charge in [-0.25, -0.2) is 0 Å². The van der Waals surface area contributed by atoms with Crippen molar-refractivity contribution in [2.75, 3.05) is 0 Å². The Morgan fingerprint density at radius 1 is 1.00 bits per heavy atom. The van der Waals surface area contributed by atoms with Gasteiger partial charge in [-0.3, -0.25) is 0 Å². The van der Waals surface area contributed by atoms with Crippen LogP contribution in [0.25, 0.3) is 0 Å². The number of allylic oxidation sites excluding steroid dienone is 2. The average Bonchev–Trinajstić information content (AvgIpc) is 1.76. The van der Waals surface area contributed by atoms with Crippen LogP contribution in [0.5, 0.6) is 0 Å². The summed E-state index contributed by atoms with van der Waals surface area (Å²) in [6, 6.07) is 0. The molecule has 0 N–H and O–H groups in total. The van der Waals surface area contributed by atoms with Crippen molar-refractivity contribution in [2.45, 2.75) is 19.3 Å². The number of rotatable bonds is 0. The Labute approximate surface area is 43.3 Å². The molecule has 0 aromatic heterocycles. The fraction of sp³-hybridized carbons (Fsp3) is 0.600. The molecule has 6 heavy (non-hydrogen) atoms. The third-order valence-electron chi connectivity index (χ3n) is 0.908. The van der Waals surface area contributed by atoms with Gasteiger partial charge < -0.3 is 0 Å². The highest BCUT2D eigenvalue weighted by Gasteiger charge is 1.84. The van der Waals surface area contributed by atoms with E-state index >= 15 is 0 Å². The minimum atomic E-state index is 0. The van der Waals surface area contributed by atoms with Crippen LogP contribution in [0.2, 0.25) is 0 Å². The fourth-order valence-corrected chi connectivity index (χ4v) is 0.589. The molecule has 0 saturated carbocycles. The molecule has 1 aliphatic carbocycles. The minimum absolute atomic E-state index is 0. The van der Waals surface area contributed by atoms with Crippen molar-refractivity contribution in [1.29, 1.82) is 0 Å². The van der Waals surface area contributed by atoms with Crippen molar-refractivity contribution in [3.63, 3.8) is 0 Å². The second-order valence-corrected chi connectivity index (χ2v) is 1.40. The molecule has 0 aromatic rings. The fourth-order valence-electron chi connectivity index (χ4n) is 0.589. The molecule has 0 aromatic carbocycles. The third-order valence-corrected chi connectivity index (χ3v) is 0.908. The summed E-state index contributed by atoms with van der Waals surface area (Å²) in [5.74, 6) is 0. The lowest BCUT2D eigenvalue weighted by Gasteiger charge is -1.69. The van der Waals surface area contributed by atoms with Gasteiger partial charge in [-0.05, 0) is 19.3 Å². The van der Waals surface area contributed by atoms with Crippen molar-refractivity contribution in [3.05, 3.63) is 12.2 Å². The normalized spacial score (nSPS) is 17.3. The summed E-state index contributed by atoms with van der Waals surface area (Å²) in [6.07, 6.45) is 8.50. The van der Waals surface area contributed by atoms with E-state index in [1.165, 1.54) is 19.3 Å². The maximum Gasteiger partial charge on any atom is 0 e. The summed E-state index contributed by atoms with van der Waals surface area (Å²) in [5, 5.41) is 0. The van der Waals surface area contributed by atoms with E-state index in [1.807, 2.05) is 0 Å². The monoisotopic (exact) mass is 96.0 g/mol. The Balaban J connectivity index is 0.000000250. The Morgan fingerprint density at radius 2 is 1.50 bits per heavy atom. The molecular weight excluding hydrogens is 88.1 g/mol. The topological polar surface area (TPSA) is 0 Å². The molecule has 0 fully saturated rings. The van der Waals surface area contributed by atoms with Crippen LogP contribution < -0.4 is 0 Å². The molecule has 0 heterocycles. The average molecular weight is 96.2 g/mol. The molecule has 0 spiro atoms. The van der Waals surface area contributed by atoms with Crippen LogP contribution in [0.4, 0.5) is 0 Å². The zero-order valence-corrected chi connectivity index (χ0v) is 4.78. The highest BCUT2D eigenvalue weighted by Crippen LogP contribution is 2.05. The molecule has 1 rings (SSSR count). The van der Waals surface area contributed by atoms with Gasteiger partial charge in [0.1, 0.15) is 0 Å². The number of hydrogen-bond donors (Lipinski definition) is 0. The van der Waals surface area contributed by atoms with Gasteiger partial charge in [-0.15, -0.1) is 0 Å². The molecule has 0 bridgehead atoms. The highest BCUT2D eigenvalue weighted by atomic mass is 28.1. The standard InChI is InChI=1S/C5H8.Si/c1-2-4-5-3-1;/h1-2H,3-5H2;. The van der Waals surface area contributed by atoms with Gasteiger partial charge in [-0.1, -0.05) is 12.2 Å². The molecular formula is C5H8Si. The smallest absolute Gasteiger partial charge is 0 e. The van der Waals surface area contributed by atoms with E-state index in [-0.39, 0.29) is 11.0 Å². The van der Waals surface area contributed by atoms with Crippen LogP contribution in [0.15, 0.2) is 12.2 Å². The quantitative estimate of drug-likeness (QED) is 0.315. The summed E-state index contributed by atoms with van der Waals surface area (Å²) in [4.78, 5) is 0. The number of hydrogen-bond acceptors (Lipinski definition) is 0. The van der Waals surface area contributed by atoms with E-state index < -0.39 is 0 Å². The Morgan fingerprint density at radius 3 is 1.67 bits per heavy atom. The molecule has 1 heteroatoms. The van der Waals surface area contributed by atoms with Crippen LogP contribution in [0.3, 0.4) is 0 Å². The molecule has 4 radical (unpaired) electrons. The van der Waals surface area contributed by atoms with Crippen molar-refractivity contribution >= 4 is 11.0 Å². The van der Waals surface area contributed by atoms with Crippen molar-refractivity contribution < 1.29 is 0 Å². The van der Waals surface area contributed by atoms with Crippen molar-refractivity contribution in [3.8, 4) is 0 Å². The Bertz CT molecular complexity index is 41.9. The zero-order chi connectivity index (χ0) is 3.54. The van der Waals surface area contributed by atoms with Crippen molar-refractivity contribution in [2.24, 2.45) is 0 Å². The van der Waals surface area contributed by atoms with E-state index in [4.69, 9.17) is 0 Å². The van der Waals surface area contributed by atoms with Gasteiger partial charge in [0, 0.05) is 11.0 Å². The van der Waals surface area contributed by atoms with Gasteiger partial charge in [0.15, 0.2) is 0 Å². The van der Waals surface area contributed by atoms with Crippen molar-refractivity contribution in [1.82, 2.24) is 0 Å². The summed E-state index contributed by atoms with van der Waals surface area (Å²) in [7, 11) is 0. The van der Waals surface area contributed by atoms with Gasteiger partial charge in [0.05, 0.1) is 0 Å². The Kier molecular flexibility index (Phi) is 3.14. The first-order chi connectivity index (χ1) is 2.50. The maximum absolute atomic E-state index is 2.24. The molecule has 0 unspecified atom stereocenters. The van der Waals surface area contributed by atoms with Crippen LogP contribution in [0.1, 0.15) is 19.3 Å². The lowest BCUT2D eigenvalue weighted by Crippen LogP contribution is -1.50. The first-order valence-corrected chi connectivity index (χ1v) is 2.15. The lowest BCUT2D eigenvalue weighted by atomic mass is 10.4. The summed E-state index contributed by atoms with van der Waals surface area (Å²) in [5.41, 5.74) is 0. The van der Waals surface area contributed by atoms with E-state index in [0.717, 1.165) is 0 Å². The summed E-state index contributed by atoms with van der Waals surface area (Å²) < 4.78 is 0. The second-order valence-electron chi connectivity index (χ2n) is 1.40. The first-order valence-electron chi connectivity index (χ1n) is 2.15. The van der Waals surface area contributed by atoms with Gasteiger partial charge >= 0.3 is 0 Å². The van der Waals surface area contributed by atoms with Crippen LogP contribution in [-0.4, -0.2) is 11.0 Å². The van der Waals surface area contributed by atoms with E-state index in [1.54, 1.807) is 0 Å². The summed E-state index contributed by atoms with van der Waals surface area (Å²) in [6.45, 7) is 0. The van der Waals surface area contributed by atoms with Gasteiger partial charge in [-0.2, -0.15) is 0 Å². The first kappa shape index (κ1) is 5.96. The van der Waals surface area contributed by atoms with Crippen LogP contribution >= 0.6 is 0 Å². The predicted octanol–water partition coefficient (Wildman–Crippen LogP) is 1.35. The molecule has 0 amide bonds. The van der Waals surface area contributed by atoms with Crippen LogP contribution in [0, 0.1) is 0 Å². The highest BCUT2D eigenvalue weighted by molar-refractivity contribution is 5.75. The van der Waals surface area contributed by atoms with E-state index in [2.05, 4.69) is 12.2 Å². The maximum atomic E-state index is 2.24. The third kappa shape index (κ3) is 1.41.